The molecule has 1 rings (SSSR count). The highest BCUT2D eigenvalue weighted by atomic mass is 19.2. The fourth-order valence-electron chi connectivity index (χ4n) is 0.986. The second-order valence-electron chi connectivity index (χ2n) is 2.82. The summed E-state index contributed by atoms with van der Waals surface area (Å²) < 4.78 is 25.7. The van der Waals surface area contributed by atoms with Crippen LogP contribution in [0.5, 0.6) is 0 Å². The zero-order valence-electron chi connectivity index (χ0n) is 7.42. The molecule has 1 aromatic carbocycles. The van der Waals surface area contributed by atoms with Gasteiger partial charge in [0.15, 0.2) is 17.4 Å². The molecule has 0 heterocycles. The Balaban J connectivity index is 3.15. The average molecular weight is 195 g/mol. The predicted molar refractivity (Wildman–Crippen MR) is 45.5 cm³/mol. The molecule has 0 aliphatic heterocycles. The third kappa shape index (κ3) is 1.77. The summed E-state index contributed by atoms with van der Waals surface area (Å²) in [5.41, 5.74) is -0.376. The van der Waals surface area contributed by atoms with Gasteiger partial charge in [-0.3, -0.25) is 4.79 Å². The minimum atomic E-state index is -1.19. The van der Waals surface area contributed by atoms with Crippen LogP contribution in [0, 0.1) is 28.9 Å². The lowest BCUT2D eigenvalue weighted by atomic mass is 10.0. The fraction of sp³-hybridized carbons (Fsp3) is 0.200. The topological polar surface area (TPSA) is 40.9 Å². The molecule has 0 saturated heterocycles. The number of nitrogens with zero attached hydrogens (tertiary/aromatic N) is 1. The Bertz CT molecular complexity index is 409. The first kappa shape index (κ1) is 10.3. The van der Waals surface area contributed by atoms with Crippen LogP contribution in [0.25, 0.3) is 0 Å². The largest absolute Gasteiger partial charge is 0.293 e. The fourth-order valence-corrected chi connectivity index (χ4v) is 0.986. The van der Waals surface area contributed by atoms with E-state index >= 15 is 0 Å². The van der Waals surface area contributed by atoms with E-state index < -0.39 is 23.3 Å². The third-order valence-corrected chi connectivity index (χ3v) is 1.80. The van der Waals surface area contributed by atoms with Crippen molar-refractivity contribution < 1.29 is 13.6 Å². The maximum atomic E-state index is 13.0. The molecule has 0 aliphatic rings. The summed E-state index contributed by atoms with van der Waals surface area (Å²) in [6, 6.07) is 4.98. The molecule has 2 nitrogen and oxygen atoms in total. The van der Waals surface area contributed by atoms with E-state index in [1.165, 1.54) is 13.0 Å². The number of carbonyl (C=O) groups is 1. The van der Waals surface area contributed by atoms with Crippen LogP contribution < -0.4 is 0 Å². The molecule has 0 fully saturated rings. The van der Waals surface area contributed by atoms with Crippen LogP contribution in [-0.2, 0) is 0 Å². The molecule has 14 heavy (non-hydrogen) atoms. The predicted octanol–water partition coefficient (Wildman–Crippen LogP) is 2.31. The second-order valence-corrected chi connectivity index (χ2v) is 2.82. The first-order chi connectivity index (χ1) is 6.57. The van der Waals surface area contributed by atoms with Crippen LogP contribution >= 0.6 is 0 Å². The molecule has 0 N–H and O–H groups in total. The minimum absolute atomic E-state index is 0.376. The molecular formula is C10H7F2NO. The summed E-state index contributed by atoms with van der Waals surface area (Å²) in [7, 11) is 0. The van der Waals surface area contributed by atoms with Crippen LogP contribution in [0.4, 0.5) is 8.78 Å². The Kier molecular flexibility index (Phi) is 2.92. The lowest BCUT2D eigenvalue weighted by Gasteiger charge is -2.03. The Hall–Kier alpha value is -1.76. The van der Waals surface area contributed by atoms with Crippen LogP contribution in [0.3, 0.4) is 0 Å². The van der Waals surface area contributed by atoms with Crippen molar-refractivity contribution in [2.75, 3.05) is 0 Å². The zero-order valence-corrected chi connectivity index (χ0v) is 7.42. The van der Waals surface area contributed by atoms with Gasteiger partial charge in [-0.25, -0.2) is 8.78 Å². The van der Waals surface area contributed by atoms with Gasteiger partial charge in [-0.1, -0.05) is 6.07 Å². The quantitative estimate of drug-likeness (QED) is 0.679. The van der Waals surface area contributed by atoms with Gasteiger partial charge < -0.3 is 0 Å². The molecule has 4 heteroatoms. The highest BCUT2D eigenvalue weighted by Gasteiger charge is 2.19. The Morgan fingerprint density at radius 2 is 2.14 bits per heavy atom. The van der Waals surface area contributed by atoms with E-state index in [-0.39, 0.29) is 5.56 Å². The van der Waals surface area contributed by atoms with Gasteiger partial charge in [0.2, 0.25) is 0 Å². The summed E-state index contributed by atoms with van der Waals surface area (Å²) in [6.45, 7) is 1.34. The molecule has 0 bridgehead atoms. The molecule has 0 spiro atoms. The van der Waals surface area contributed by atoms with Gasteiger partial charge in [0.25, 0.3) is 0 Å². The maximum absolute atomic E-state index is 13.0. The number of benzene rings is 1. The SMILES string of the molecule is CC(C#N)C(=O)c1cccc(F)c1F. The molecular weight excluding hydrogens is 188 g/mol. The number of Topliss-reactive ketones (excluding diaryl/α,β-unsaturated/α-hetero) is 1. The van der Waals surface area contributed by atoms with E-state index in [1.54, 1.807) is 6.07 Å². The van der Waals surface area contributed by atoms with Crippen LogP contribution in [0.2, 0.25) is 0 Å². The number of hydrogen-bond acceptors (Lipinski definition) is 2. The zero-order chi connectivity index (χ0) is 10.7. The normalized spacial score (nSPS) is 11.9. The summed E-state index contributed by atoms with van der Waals surface area (Å²) in [6.07, 6.45) is 0. The highest BCUT2D eigenvalue weighted by molar-refractivity contribution is 5.99. The summed E-state index contributed by atoms with van der Waals surface area (Å²) >= 11 is 0. The lowest BCUT2D eigenvalue weighted by Crippen LogP contribution is -2.11. The highest BCUT2D eigenvalue weighted by Crippen LogP contribution is 2.15. The van der Waals surface area contributed by atoms with Crippen molar-refractivity contribution in [2.24, 2.45) is 5.92 Å². The van der Waals surface area contributed by atoms with Crippen molar-refractivity contribution in [3.05, 3.63) is 35.4 Å². The van der Waals surface area contributed by atoms with Crippen molar-refractivity contribution >= 4 is 5.78 Å². The molecule has 0 amide bonds. The molecule has 0 aromatic heterocycles. The Morgan fingerprint density at radius 1 is 1.50 bits per heavy atom. The first-order valence-corrected chi connectivity index (χ1v) is 3.95. The standard InChI is InChI=1S/C10H7F2NO/c1-6(5-13)10(14)7-3-2-4-8(11)9(7)12/h2-4,6H,1H3. The number of rotatable bonds is 2. The first-order valence-electron chi connectivity index (χ1n) is 3.95. The van der Waals surface area contributed by atoms with Crippen molar-refractivity contribution in [1.82, 2.24) is 0 Å². The van der Waals surface area contributed by atoms with E-state index in [1.807, 2.05) is 0 Å². The van der Waals surface area contributed by atoms with Gasteiger partial charge in [0.05, 0.1) is 11.6 Å². The third-order valence-electron chi connectivity index (χ3n) is 1.80. The summed E-state index contributed by atoms with van der Waals surface area (Å²) in [5, 5.41) is 8.44. The minimum Gasteiger partial charge on any atom is -0.293 e. The van der Waals surface area contributed by atoms with Gasteiger partial charge in [0, 0.05) is 0 Å². The van der Waals surface area contributed by atoms with Gasteiger partial charge in [0.1, 0.15) is 5.92 Å². The average Bonchev–Trinajstić information content (AvgIpc) is 2.20. The van der Waals surface area contributed by atoms with E-state index in [4.69, 9.17) is 5.26 Å². The van der Waals surface area contributed by atoms with Gasteiger partial charge in [-0.15, -0.1) is 0 Å². The molecule has 1 unspecified atom stereocenters. The van der Waals surface area contributed by atoms with E-state index in [9.17, 15) is 13.6 Å². The van der Waals surface area contributed by atoms with Crippen molar-refractivity contribution in [1.29, 1.82) is 5.26 Å². The number of halogens is 2. The van der Waals surface area contributed by atoms with Crippen LogP contribution in [-0.4, -0.2) is 5.78 Å². The van der Waals surface area contributed by atoms with Crippen molar-refractivity contribution in [3.63, 3.8) is 0 Å². The monoisotopic (exact) mass is 195 g/mol. The van der Waals surface area contributed by atoms with Crippen LogP contribution in [0.1, 0.15) is 17.3 Å². The molecule has 72 valence electrons. The lowest BCUT2D eigenvalue weighted by molar-refractivity contribution is 0.0951. The number of nitriles is 1. The van der Waals surface area contributed by atoms with Crippen molar-refractivity contribution in [2.45, 2.75) is 6.92 Å². The van der Waals surface area contributed by atoms with Crippen LogP contribution in [0.15, 0.2) is 18.2 Å². The number of hydrogen-bond donors (Lipinski definition) is 0. The smallest absolute Gasteiger partial charge is 0.182 e. The molecule has 0 aliphatic carbocycles. The summed E-state index contributed by atoms with van der Waals surface area (Å²) in [4.78, 5) is 11.3. The summed E-state index contributed by atoms with van der Waals surface area (Å²) in [5.74, 6) is -3.95. The van der Waals surface area contributed by atoms with Gasteiger partial charge in [-0.2, -0.15) is 5.26 Å². The molecule has 0 radical (unpaired) electrons. The maximum Gasteiger partial charge on any atom is 0.182 e. The molecule has 1 aromatic rings. The van der Waals surface area contributed by atoms with Crippen molar-refractivity contribution in [3.8, 4) is 6.07 Å². The van der Waals surface area contributed by atoms with E-state index in [0.29, 0.717) is 0 Å². The number of ketones is 1. The van der Waals surface area contributed by atoms with E-state index in [2.05, 4.69) is 0 Å². The van der Waals surface area contributed by atoms with Gasteiger partial charge >= 0.3 is 0 Å². The molecule has 1 atom stereocenters. The number of carbonyl (C=O) groups excluding carboxylic acids is 1. The van der Waals surface area contributed by atoms with Gasteiger partial charge in [-0.05, 0) is 19.1 Å². The molecule has 0 saturated carbocycles. The van der Waals surface area contributed by atoms with E-state index in [0.717, 1.165) is 12.1 Å². The Morgan fingerprint density at radius 3 is 2.71 bits per heavy atom. The second kappa shape index (κ2) is 3.97. The Labute approximate surface area is 79.8 Å².